The van der Waals surface area contributed by atoms with Crippen molar-refractivity contribution in [1.29, 1.82) is 0 Å². The molecule has 1 N–H and O–H groups in total. The van der Waals surface area contributed by atoms with Crippen molar-refractivity contribution in [2.45, 2.75) is 12.5 Å². The van der Waals surface area contributed by atoms with Gasteiger partial charge in [-0.2, -0.15) is 5.10 Å². The summed E-state index contributed by atoms with van der Waals surface area (Å²) in [5.74, 6) is -0.549. The van der Waals surface area contributed by atoms with Crippen molar-refractivity contribution in [1.82, 2.24) is 15.1 Å². The van der Waals surface area contributed by atoms with Gasteiger partial charge in [0, 0.05) is 23.2 Å². The molecule has 0 radical (unpaired) electrons. The number of hydrogen-bond donors (Lipinski definition) is 1. The molecule has 0 saturated carbocycles. The predicted molar refractivity (Wildman–Crippen MR) is 127 cm³/mol. The van der Waals surface area contributed by atoms with Gasteiger partial charge in [-0.3, -0.25) is 9.59 Å². The molecule has 0 saturated heterocycles. The fraction of sp³-hybridized carbons (Fsp3) is 0.115. The highest BCUT2D eigenvalue weighted by Crippen LogP contribution is 2.24. The van der Waals surface area contributed by atoms with E-state index in [0.29, 0.717) is 10.7 Å². The molecular weight excluding hydrogens is 422 g/mol. The normalized spacial score (nSPS) is 10.8. The van der Waals surface area contributed by atoms with Crippen LogP contribution in [0.1, 0.15) is 17.0 Å². The first-order valence-electron chi connectivity index (χ1n) is 10.3. The molecule has 0 atom stereocenters. The van der Waals surface area contributed by atoms with E-state index in [1.54, 1.807) is 18.2 Å². The lowest BCUT2D eigenvalue weighted by atomic mass is 9.90. The van der Waals surface area contributed by atoms with Gasteiger partial charge in [0.15, 0.2) is 0 Å². The molecule has 0 aliphatic heterocycles. The second-order valence-corrected chi connectivity index (χ2v) is 7.77. The smallest absolute Gasteiger partial charge is 0.266 e. The first-order valence-corrected chi connectivity index (χ1v) is 10.7. The van der Waals surface area contributed by atoms with Gasteiger partial charge >= 0.3 is 0 Å². The number of hydrogen-bond acceptors (Lipinski definition) is 3. The van der Waals surface area contributed by atoms with Gasteiger partial charge in [-0.25, -0.2) is 4.68 Å². The van der Waals surface area contributed by atoms with Crippen LogP contribution in [0.5, 0.6) is 0 Å². The molecule has 3 aromatic carbocycles. The van der Waals surface area contributed by atoms with Crippen molar-refractivity contribution in [2.75, 3.05) is 6.54 Å². The average molecular weight is 444 g/mol. The van der Waals surface area contributed by atoms with Gasteiger partial charge in [0.2, 0.25) is 5.91 Å². The topological polar surface area (TPSA) is 64.0 Å². The summed E-state index contributed by atoms with van der Waals surface area (Å²) >= 11 is 5.95. The number of aromatic nitrogens is 2. The van der Waals surface area contributed by atoms with E-state index in [1.165, 1.54) is 10.7 Å². The van der Waals surface area contributed by atoms with Crippen molar-refractivity contribution in [2.24, 2.45) is 0 Å². The maximum Gasteiger partial charge on any atom is 0.266 e. The summed E-state index contributed by atoms with van der Waals surface area (Å²) in [6, 6.07) is 29.7. The average Bonchev–Trinajstić information content (AvgIpc) is 2.82. The SMILES string of the molecule is O=C(NCCn1nc(-c2ccc(Cl)cc2)ccc1=O)C(c1ccccc1)c1ccccc1. The van der Waals surface area contributed by atoms with E-state index in [-0.39, 0.29) is 24.6 Å². The van der Waals surface area contributed by atoms with Crippen LogP contribution in [0.15, 0.2) is 102 Å². The van der Waals surface area contributed by atoms with Gasteiger partial charge in [-0.05, 0) is 29.3 Å². The van der Waals surface area contributed by atoms with Crippen LogP contribution in [-0.2, 0) is 11.3 Å². The minimum absolute atomic E-state index is 0.121. The highest BCUT2D eigenvalue weighted by atomic mass is 35.5. The number of amides is 1. The number of nitrogens with zero attached hydrogens (tertiary/aromatic N) is 2. The van der Waals surface area contributed by atoms with Crippen molar-refractivity contribution in [3.8, 4) is 11.3 Å². The number of benzene rings is 3. The van der Waals surface area contributed by atoms with E-state index in [0.717, 1.165) is 16.7 Å². The first-order chi connectivity index (χ1) is 15.6. The Morgan fingerprint density at radius 1 is 0.844 bits per heavy atom. The maximum atomic E-state index is 13.1. The van der Waals surface area contributed by atoms with Gasteiger partial charge in [-0.15, -0.1) is 0 Å². The Balaban J connectivity index is 1.48. The van der Waals surface area contributed by atoms with E-state index < -0.39 is 5.92 Å². The molecule has 0 bridgehead atoms. The van der Waals surface area contributed by atoms with Crippen LogP contribution in [-0.4, -0.2) is 22.2 Å². The van der Waals surface area contributed by atoms with Crippen LogP contribution in [0, 0.1) is 0 Å². The predicted octanol–water partition coefficient (Wildman–Crippen LogP) is 4.51. The summed E-state index contributed by atoms with van der Waals surface area (Å²) in [5.41, 5.74) is 3.13. The first kappa shape index (κ1) is 21.5. The van der Waals surface area contributed by atoms with Crippen LogP contribution in [0.25, 0.3) is 11.3 Å². The van der Waals surface area contributed by atoms with E-state index in [4.69, 9.17) is 11.6 Å². The lowest BCUT2D eigenvalue weighted by Crippen LogP contribution is -2.35. The Hall–Kier alpha value is -3.70. The fourth-order valence-electron chi connectivity index (χ4n) is 3.56. The van der Waals surface area contributed by atoms with Gasteiger partial charge in [-0.1, -0.05) is 84.4 Å². The van der Waals surface area contributed by atoms with Crippen LogP contribution in [0.3, 0.4) is 0 Å². The highest BCUT2D eigenvalue weighted by Gasteiger charge is 2.22. The van der Waals surface area contributed by atoms with E-state index >= 15 is 0 Å². The monoisotopic (exact) mass is 443 g/mol. The number of halogens is 1. The molecule has 5 nitrogen and oxygen atoms in total. The van der Waals surface area contributed by atoms with Gasteiger partial charge < -0.3 is 5.32 Å². The zero-order chi connectivity index (χ0) is 22.3. The quantitative estimate of drug-likeness (QED) is 0.457. The van der Waals surface area contributed by atoms with Crippen LogP contribution in [0.2, 0.25) is 5.02 Å². The molecule has 1 aromatic heterocycles. The Kier molecular flexibility index (Phi) is 6.78. The van der Waals surface area contributed by atoms with Crippen molar-refractivity contribution in [3.63, 3.8) is 0 Å². The molecule has 0 spiro atoms. The second kappa shape index (κ2) is 10.1. The molecule has 0 fully saturated rings. The molecule has 1 amide bonds. The Bertz CT molecular complexity index is 1200. The van der Waals surface area contributed by atoms with Crippen LogP contribution < -0.4 is 10.9 Å². The number of nitrogens with one attached hydrogen (secondary N) is 1. The summed E-state index contributed by atoms with van der Waals surface area (Å²) in [6.07, 6.45) is 0. The third-order valence-corrected chi connectivity index (χ3v) is 5.41. The largest absolute Gasteiger partial charge is 0.353 e. The van der Waals surface area contributed by atoms with Crippen molar-refractivity contribution >= 4 is 17.5 Å². The molecule has 0 aliphatic rings. The van der Waals surface area contributed by atoms with Gasteiger partial charge in [0.1, 0.15) is 0 Å². The van der Waals surface area contributed by atoms with E-state index in [1.807, 2.05) is 72.8 Å². The molecule has 6 heteroatoms. The minimum Gasteiger partial charge on any atom is -0.353 e. The molecule has 0 aliphatic carbocycles. The van der Waals surface area contributed by atoms with E-state index in [2.05, 4.69) is 10.4 Å². The van der Waals surface area contributed by atoms with Crippen LogP contribution in [0.4, 0.5) is 0 Å². The Labute approximate surface area is 191 Å². The molecule has 4 rings (SSSR count). The lowest BCUT2D eigenvalue weighted by molar-refractivity contribution is -0.121. The minimum atomic E-state index is -0.428. The number of carbonyl (C=O) groups is 1. The number of carbonyl (C=O) groups excluding carboxylic acids is 1. The second-order valence-electron chi connectivity index (χ2n) is 7.33. The molecular formula is C26H22ClN3O2. The van der Waals surface area contributed by atoms with Crippen molar-refractivity contribution in [3.05, 3.63) is 124 Å². The van der Waals surface area contributed by atoms with Crippen molar-refractivity contribution < 1.29 is 4.79 Å². The zero-order valence-corrected chi connectivity index (χ0v) is 18.1. The summed E-state index contributed by atoms with van der Waals surface area (Å²) in [7, 11) is 0. The summed E-state index contributed by atoms with van der Waals surface area (Å²) in [4.78, 5) is 25.4. The fourth-order valence-corrected chi connectivity index (χ4v) is 3.68. The third-order valence-electron chi connectivity index (χ3n) is 5.16. The van der Waals surface area contributed by atoms with Gasteiger partial charge in [0.25, 0.3) is 5.56 Å². The number of rotatable bonds is 7. The van der Waals surface area contributed by atoms with E-state index in [9.17, 15) is 9.59 Å². The maximum absolute atomic E-state index is 13.1. The Morgan fingerprint density at radius 2 is 1.44 bits per heavy atom. The Morgan fingerprint density at radius 3 is 2.03 bits per heavy atom. The van der Waals surface area contributed by atoms with Gasteiger partial charge in [0.05, 0.1) is 18.2 Å². The standard InChI is InChI=1S/C26H22ClN3O2/c27-22-13-11-19(12-14-22)23-15-16-24(31)30(29-23)18-17-28-26(32)25(20-7-3-1-4-8-20)21-9-5-2-6-10-21/h1-16,25H,17-18H2,(H,28,32). The zero-order valence-electron chi connectivity index (χ0n) is 17.3. The highest BCUT2D eigenvalue weighted by molar-refractivity contribution is 6.30. The summed E-state index contributed by atoms with van der Waals surface area (Å²) in [5, 5.41) is 8.04. The molecule has 32 heavy (non-hydrogen) atoms. The molecule has 4 aromatic rings. The molecule has 0 unspecified atom stereocenters. The third kappa shape index (κ3) is 5.13. The summed E-state index contributed by atoms with van der Waals surface area (Å²) in [6.45, 7) is 0.550. The van der Waals surface area contributed by atoms with Crippen LogP contribution >= 0.6 is 11.6 Å². The molecule has 1 heterocycles. The summed E-state index contributed by atoms with van der Waals surface area (Å²) < 4.78 is 1.37. The lowest BCUT2D eigenvalue weighted by Gasteiger charge is -2.18. The molecule has 160 valence electrons.